The van der Waals surface area contributed by atoms with Gasteiger partial charge in [-0.2, -0.15) is 12.6 Å². The summed E-state index contributed by atoms with van der Waals surface area (Å²) in [4.78, 5) is 11.3. The van der Waals surface area contributed by atoms with E-state index in [-0.39, 0.29) is 19.8 Å². The van der Waals surface area contributed by atoms with Gasteiger partial charge in [0.25, 0.3) is 0 Å². The first kappa shape index (κ1) is 14.7. The van der Waals surface area contributed by atoms with Crippen LogP contribution in [0.4, 0.5) is 0 Å². The third-order valence-electron chi connectivity index (χ3n) is 1.90. The molecule has 84 valence electrons. The van der Waals surface area contributed by atoms with E-state index in [1.165, 1.54) is 0 Å². The fraction of sp³-hybridized carbons (Fsp3) is 0.364. The molecule has 0 saturated carbocycles. The molecule has 2 rings (SSSR count). The van der Waals surface area contributed by atoms with Crippen LogP contribution in [0.1, 0.15) is 23.3 Å². The van der Waals surface area contributed by atoms with Gasteiger partial charge in [-0.25, -0.2) is 0 Å². The van der Waals surface area contributed by atoms with Crippen LogP contribution >= 0.6 is 28.6 Å². The Morgan fingerprint density at radius 2 is 2.00 bits per heavy atom. The van der Waals surface area contributed by atoms with Crippen molar-refractivity contribution < 1.29 is 9.53 Å². The summed E-state index contributed by atoms with van der Waals surface area (Å²) in [6.07, 6.45) is 1.69. The summed E-state index contributed by atoms with van der Waals surface area (Å²) < 4.78 is 6.06. The third-order valence-corrected chi connectivity index (χ3v) is 2.64. The summed E-state index contributed by atoms with van der Waals surface area (Å²) >= 11 is 6.91. The monoisotopic (exact) mass is 290 g/mol. The average molecular weight is 291 g/mol. The lowest BCUT2D eigenvalue weighted by atomic mass is 10.0. The van der Waals surface area contributed by atoms with Gasteiger partial charge in [-0.05, 0) is 12.3 Å². The maximum absolute atomic E-state index is 11.3. The molecule has 4 heteroatoms. The smallest absolute Gasteiger partial charge is 0.188 e. The van der Waals surface area contributed by atoms with E-state index in [1.807, 2.05) is 18.2 Å². The van der Waals surface area contributed by atoms with Crippen molar-refractivity contribution in [2.45, 2.75) is 14.0 Å². The van der Waals surface area contributed by atoms with Gasteiger partial charge >= 0.3 is 0 Å². The van der Waals surface area contributed by atoms with Crippen LogP contribution in [0.2, 0.25) is 0 Å². The topological polar surface area (TPSA) is 26.3 Å². The average Bonchev–Trinajstić information content (AvgIpc) is 2.23. The fourth-order valence-electron chi connectivity index (χ4n) is 1.29. The Balaban J connectivity index is 0.000000617. The molecule has 0 radical (unpaired) electrons. The SMILES string of the molecule is C.CS.O=C1COCc2c(Br)cccc21. The second-order valence-electron chi connectivity index (χ2n) is 2.68. The lowest BCUT2D eigenvalue weighted by Gasteiger charge is -2.15. The van der Waals surface area contributed by atoms with Gasteiger partial charge in [-0.15, -0.1) is 0 Å². The lowest BCUT2D eigenvalue weighted by molar-refractivity contribution is 0.0664. The van der Waals surface area contributed by atoms with Crippen molar-refractivity contribution >= 4 is 34.3 Å². The van der Waals surface area contributed by atoms with E-state index in [0.717, 1.165) is 15.6 Å². The Hall–Kier alpha value is -0.320. The van der Waals surface area contributed by atoms with E-state index < -0.39 is 0 Å². The quantitative estimate of drug-likeness (QED) is 0.742. The molecule has 0 aromatic heterocycles. The summed E-state index contributed by atoms with van der Waals surface area (Å²) in [5.74, 6) is 0.0672. The van der Waals surface area contributed by atoms with Gasteiger partial charge in [-0.3, -0.25) is 4.79 Å². The number of thiol groups is 1. The van der Waals surface area contributed by atoms with Crippen molar-refractivity contribution in [3.63, 3.8) is 0 Å². The zero-order chi connectivity index (χ0) is 10.6. The van der Waals surface area contributed by atoms with Crippen LogP contribution in [-0.4, -0.2) is 18.6 Å². The van der Waals surface area contributed by atoms with Crippen molar-refractivity contribution in [1.82, 2.24) is 0 Å². The number of ether oxygens (including phenoxy) is 1. The number of ketones is 1. The van der Waals surface area contributed by atoms with Gasteiger partial charge in [-0.1, -0.05) is 35.5 Å². The minimum absolute atomic E-state index is 0. The predicted molar refractivity (Wildman–Crippen MR) is 69.8 cm³/mol. The maximum atomic E-state index is 11.3. The van der Waals surface area contributed by atoms with Crippen LogP contribution in [-0.2, 0) is 11.3 Å². The molecular weight excluding hydrogens is 276 g/mol. The lowest BCUT2D eigenvalue weighted by Crippen LogP contribution is -2.18. The van der Waals surface area contributed by atoms with E-state index in [4.69, 9.17) is 4.74 Å². The number of Topliss-reactive ketones (excluding diaryl/α,β-unsaturated/α-hetero) is 1. The Morgan fingerprint density at radius 3 is 2.60 bits per heavy atom. The van der Waals surface area contributed by atoms with Crippen molar-refractivity contribution in [3.8, 4) is 0 Å². The van der Waals surface area contributed by atoms with Crippen LogP contribution < -0.4 is 0 Å². The van der Waals surface area contributed by atoms with Gasteiger partial charge < -0.3 is 4.74 Å². The number of halogens is 1. The molecule has 2 nitrogen and oxygen atoms in total. The van der Waals surface area contributed by atoms with E-state index in [1.54, 1.807) is 6.26 Å². The summed E-state index contributed by atoms with van der Waals surface area (Å²) in [5, 5.41) is 0. The van der Waals surface area contributed by atoms with Crippen LogP contribution in [0.5, 0.6) is 0 Å². The highest BCUT2D eigenvalue weighted by Crippen LogP contribution is 2.24. The third kappa shape index (κ3) is 3.33. The molecule has 0 amide bonds. The highest BCUT2D eigenvalue weighted by molar-refractivity contribution is 9.10. The van der Waals surface area contributed by atoms with Gasteiger partial charge in [0, 0.05) is 15.6 Å². The van der Waals surface area contributed by atoms with Gasteiger partial charge in [0.15, 0.2) is 5.78 Å². The normalized spacial score (nSPS) is 13.1. The molecule has 0 atom stereocenters. The minimum Gasteiger partial charge on any atom is -0.369 e. The summed E-state index contributed by atoms with van der Waals surface area (Å²) in [6, 6.07) is 5.62. The van der Waals surface area contributed by atoms with Crippen LogP contribution in [0.25, 0.3) is 0 Å². The number of hydrogen-bond acceptors (Lipinski definition) is 3. The molecule has 0 fully saturated rings. The molecule has 1 aliphatic heterocycles. The predicted octanol–water partition coefficient (Wildman–Crippen LogP) is 3.34. The van der Waals surface area contributed by atoms with Crippen LogP contribution in [0.15, 0.2) is 22.7 Å². The maximum Gasteiger partial charge on any atom is 0.188 e. The standard InChI is InChI=1S/C9H7BrO2.CH4S.CH4/c10-8-3-1-2-6-7(8)4-12-5-9(6)11;1-2;/h1-3H,4-5H2;2H,1H3;1H4. The molecule has 1 aromatic rings. The number of carbonyl (C=O) groups is 1. The first-order valence-electron chi connectivity index (χ1n) is 4.12. The number of benzene rings is 1. The van der Waals surface area contributed by atoms with Gasteiger partial charge in [0.05, 0.1) is 6.61 Å². The number of carbonyl (C=O) groups excluding carboxylic acids is 1. The van der Waals surface area contributed by atoms with Crippen molar-refractivity contribution in [1.29, 1.82) is 0 Å². The number of hydrogen-bond donors (Lipinski definition) is 1. The van der Waals surface area contributed by atoms with Crippen LogP contribution in [0.3, 0.4) is 0 Å². The molecule has 15 heavy (non-hydrogen) atoms. The minimum atomic E-state index is 0. The Kier molecular flexibility index (Phi) is 6.89. The van der Waals surface area contributed by atoms with E-state index in [9.17, 15) is 4.79 Å². The first-order chi connectivity index (χ1) is 6.79. The van der Waals surface area contributed by atoms with Gasteiger partial charge in [0.2, 0.25) is 0 Å². The van der Waals surface area contributed by atoms with E-state index in [0.29, 0.717) is 6.61 Å². The highest BCUT2D eigenvalue weighted by Gasteiger charge is 2.18. The van der Waals surface area contributed by atoms with E-state index in [2.05, 4.69) is 28.6 Å². The molecule has 0 unspecified atom stereocenters. The van der Waals surface area contributed by atoms with Crippen molar-refractivity contribution in [2.24, 2.45) is 0 Å². The molecule has 1 aliphatic rings. The number of rotatable bonds is 0. The molecular formula is C11H15BrO2S. The van der Waals surface area contributed by atoms with Gasteiger partial charge in [0.1, 0.15) is 6.61 Å². The van der Waals surface area contributed by atoms with Crippen molar-refractivity contribution in [3.05, 3.63) is 33.8 Å². The fourth-order valence-corrected chi connectivity index (χ4v) is 1.77. The molecule has 0 aliphatic carbocycles. The highest BCUT2D eigenvalue weighted by atomic mass is 79.9. The molecule has 0 N–H and O–H groups in total. The Labute approximate surface area is 105 Å². The second-order valence-corrected chi connectivity index (χ2v) is 3.54. The summed E-state index contributed by atoms with van der Waals surface area (Å²) in [5.41, 5.74) is 1.75. The zero-order valence-electron chi connectivity index (χ0n) is 7.79. The summed E-state index contributed by atoms with van der Waals surface area (Å²) in [6.45, 7) is 0.742. The Bertz CT molecular complexity index is 339. The summed E-state index contributed by atoms with van der Waals surface area (Å²) in [7, 11) is 0. The largest absolute Gasteiger partial charge is 0.369 e. The first-order valence-corrected chi connectivity index (χ1v) is 5.81. The van der Waals surface area contributed by atoms with Crippen molar-refractivity contribution in [2.75, 3.05) is 12.9 Å². The Morgan fingerprint density at radius 1 is 1.33 bits per heavy atom. The zero-order valence-corrected chi connectivity index (χ0v) is 10.3. The molecule has 0 spiro atoms. The number of fused-ring (bicyclic) bond motifs is 1. The molecule has 1 aromatic carbocycles. The second kappa shape index (κ2) is 7.04. The van der Waals surface area contributed by atoms with E-state index >= 15 is 0 Å². The molecule has 0 saturated heterocycles. The molecule has 0 bridgehead atoms. The molecule has 1 heterocycles. The van der Waals surface area contributed by atoms with Crippen LogP contribution in [0, 0.1) is 0 Å².